The Morgan fingerprint density at radius 2 is 2.13 bits per heavy atom. The van der Waals surface area contributed by atoms with Gasteiger partial charge in [0.1, 0.15) is 11.7 Å². The van der Waals surface area contributed by atoms with Crippen molar-refractivity contribution in [2.75, 3.05) is 26.0 Å². The summed E-state index contributed by atoms with van der Waals surface area (Å²) in [6, 6.07) is 5.53. The lowest BCUT2D eigenvalue weighted by molar-refractivity contribution is -0.118. The average molecular weight is 446 g/mol. The number of hydrogen-bond donors (Lipinski definition) is 2. The van der Waals surface area contributed by atoms with E-state index >= 15 is 0 Å². The van der Waals surface area contributed by atoms with Crippen LogP contribution >= 0.6 is 23.4 Å². The second kappa shape index (κ2) is 9.69. The quantitative estimate of drug-likeness (QED) is 0.400. The third-order valence-corrected chi connectivity index (χ3v) is 5.31. The van der Waals surface area contributed by atoms with Crippen LogP contribution in [-0.4, -0.2) is 46.9 Å². The Morgan fingerprint density at radius 1 is 1.33 bits per heavy atom. The number of methoxy groups -OCH3 is 1. The van der Waals surface area contributed by atoms with Crippen molar-refractivity contribution in [3.8, 4) is 28.8 Å². The Morgan fingerprint density at radius 3 is 2.80 bits per heavy atom. The number of nitriles is 1. The number of carbonyl (C=O) groups is 1. The zero-order chi connectivity index (χ0) is 21.7. The van der Waals surface area contributed by atoms with Crippen LogP contribution in [0.4, 0.5) is 0 Å². The van der Waals surface area contributed by atoms with Gasteiger partial charge in [-0.05, 0) is 19.9 Å². The first-order valence-corrected chi connectivity index (χ1v) is 10.6. The van der Waals surface area contributed by atoms with Crippen LogP contribution in [0.3, 0.4) is 0 Å². The maximum Gasteiger partial charge on any atom is 0.230 e. The Bertz CT molecular complexity index is 1130. The molecule has 30 heavy (non-hydrogen) atoms. The molecule has 10 heteroatoms. The molecule has 8 nitrogen and oxygen atoms in total. The molecule has 0 aliphatic rings. The minimum absolute atomic E-state index is 0.113. The monoisotopic (exact) mass is 445 g/mol. The number of halogens is 1. The number of hydrogen-bond acceptors (Lipinski definition) is 7. The third kappa shape index (κ3) is 4.45. The first kappa shape index (κ1) is 21.7. The summed E-state index contributed by atoms with van der Waals surface area (Å²) in [4.78, 5) is 23.9. The van der Waals surface area contributed by atoms with Crippen molar-refractivity contribution in [2.24, 2.45) is 0 Å². The molecule has 0 fully saturated rings. The van der Waals surface area contributed by atoms with Gasteiger partial charge >= 0.3 is 0 Å². The molecule has 0 radical (unpaired) electrons. The molecule has 1 aromatic carbocycles. The summed E-state index contributed by atoms with van der Waals surface area (Å²) in [5.74, 6) is 1.07. The molecule has 0 unspecified atom stereocenters. The van der Waals surface area contributed by atoms with Gasteiger partial charge in [0, 0.05) is 24.4 Å². The van der Waals surface area contributed by atoms with E-state index in [1.54, 1.807) is 18.3 Å². The highest BCUT2D eigenvalue weighted by Gasteiger charge is 2.20. The predicted molar refractivity (Wildman–Crippen MR) is 116 cm³/mol. The van der Waals surface area contributed by atoms with Crippen LogP contribution in [-0.2, 0) is 4.79 Å². The fourth-order valence-electron chi connectivity index (χ4n) is 2.88. The third-order valence-electron chi connectivity index (χ3n) is 4.15. The highest BCUT2D eigenvalue weighted by Crippen LogP contribution is 2.41. The van der Waals surface area contributed by atoms with Crippen LogP contribution in [0.1, 0.15) is 19.4 Å². The fraction of sp³-hybridized carbons (Fsp3) is 0.300. The van der Waals surface area contributed by atoms with Gasteiger partial charge in [0.25, 0.3) is 0 Å². The molecule has 156 valence electrons. The number of thioether (sulfide) groups is 1. The minimum Gasteiger partial charge on any atom is -0.493 e. The summed E-state index contributed by atoms with van der Waals surface area (Å²) < 4.78 is 11.0. The number of H-pyrrole nitrogens is 1. The topological polar surface area (TPSA) is 113 Å². The SMILES string of the molecule is CCNC(=O)CSc1nc(-c2cc(OCC)c(OC)cc2Cl)c2c(C#N)c[nH]c2n1. The van der Waals surface area contributed by atoms with E-state index in [4.69, 9.17) is 21.1 Å². The number of rotatable bonds is 8. The van der Waals surface area contributed by atoms with Crippen LogP contribution in [0.2, 0.25) is 5.02 Å². The number of aromatic nitrogens is 3. The van der Waals surface area contributed by atoms with E-state index in [1.807, 2.05) is 13.8 Å². The maximum absolute atomic E-state index is 11.8. The second-order valence-corrected chi connectivity index (χ2v) is 7.40. The van der Waals surface area contributed by atoms with Crippen molar-refractivity contribution in [2.45, 2.75) is 19.0 Å². The highest BCUT2D eigenvalue weighted by molar-refractivity contribution is 7.99. The van der Waals surface area contributed by atoms with Crippen LogP contribution in [0.15, 0.2) is 23.5 Å². The van der Waals surface area contributed by atoms with Crippen molar-refractivity contribution >= 4 is 40.3 Å². The smallest absolute Gasteiger partial charge is 0.230 e. The Balaban J connectivity index is 2.16. The van der Waals surface area contributed by atoms with Gasteiger partial charge in [-0.25, -0.2) is 9.97 Å². The van der Waals surface area contributed by atoms with Crippen LogP contribution in [0.5, 0.6) is 11.5 Å². The molecular formula is C20H20ClN5O3S. The largest absolute Gasteiger partial charge is 0.493 e. The zero-order valence-electron chi connectivity index (χ0n) is 16.7. The lowest BCUT2D eigenvalue weighted by Crippen LogP contribution is -2.24. The summed E-state index contributed by atoms with van der Waals surface area (Å²) in [6.07, 6.45) is 1.57. The van der Waals surface area contributed by atoms with Crippen molar-refractivity contribution in [1.82, 2.24) is 20.3 Å². The molecule has 0 aliphatic heterocycles. The minimum atomic E-state index is -0.113. The lowest BCUT2D eigenvalue weighted by atomic mass is 10.1. The number of ether oxygens (including phenoxy) is 2. The van der Waals surface area contributed by atoms with Crippen molar-refractivity contribution in [1.29, 1.82) is 5.26 Å². The van der Waals surface area contributed by atoms with Gasteiger partial charge < -0.3 is 19.8 Å². The zero-order valence-corrected chi connectivity index (χ0v) is 18.3. The van der Waals surface area contributed by atoms with E-state index in [0.717, 1.165) is 0 Å². The molecule has 3 aromatic rings. The molecule has 3 rings (SSSR count). The fourth-order valence-corrected chi connectivity index (χ4v) is 3.80. The predicted octanol–water partition coefficient (Wildman–Crippen LogP) is 3.79. The molecule has 0 spiro atoms. The van der Waals surface area contributed by atoms with E-state index < -0.39 is 0 Å². The molecule has 0 aliphatic carbocycles. The molecule has 0 atom stereocenters. The average Bonchev–Trinajstić information content (AvgIpc) is 3.16. The molecular weight excluding hydrogens is 426 g/mol. The Labute approximate surface area is 182 Å². The number of fused-ring (bicyclic) bond motifs is 1. The highest BCUT2D eigenvalue weighted by atomic mass is 35.5. The number of benzene rings is 1. The number of nitrogens with one attached hydrogen (secondary N) is 2. The summed E-state index contributed by atoms with van der Waals surface area (Å²) in [5, 5.41) is 13.6. The summed E-state index contributed by atoms with van der Waals surface area (Å²) >= 11 is 7.74. The van der Waals surface area contributed by atoms with Gasteiger partial charge in [-0.15, -0.1) is 0 Å². The number of nitrogens with zero attached hydrogens (tertiary/aromatic N) is 3. The number of carbonyl (C=O) groups excluding carboxylic acids is 1. The first-order valence-electron chi connectivity index (χ1n) is 9.21. The van der Waals surface area contributed by atoms with E-state index in [0.29, 0.717) is 62.7 Å². The van der Waals surface area contributed by atoms with Crippen LogP contribution in [0, 0.1) is 11.3 Å². The van der Waals surface area contributed by atoms with Crippen molar-refractivity contribution < 1.29 is 14.3 Å². The normalized spacial score (nSPS) is 10.6. The van der Waals surface area contributed by atoms with Gasteiger partial charge in [0.05, 0.1) is 41.1 Å². The second-order valence-electron chi connectivity index (χ2n) is 6.05. The van der Waals surface area contributed by atoms with Crippen molar-refractivity contribution in [3.63, 3.8) is 0 Å². The van der Waals surface area contributed by atoms with Gasteiger partial charge in [0.15, 0.2) is 16.7 Å². The molecule has 2 heterocycles. The Hall–Kier alpha value is -2.96. The lowest BCUT2D eigenvalue weighted by Gasteiger charge is -2.14. The molecule has 0 bridgehead atoms. The standard InChI is InChI=1S/C20H20ClN5O3S/c1-4-23-16(27)10-30-20-25-18(17-11(8-22)9-24-19(17)26-20)12-6-15(29-5-2)14(28-3)7-13(12)21/h6-7,9H,4-5,10H2,1-3H3,(H,23,27)(H,24,25,26). The summed E-state index contributed by atoms with van der Waals surface area (Å²) in [5.41, 5.74) is 1.93. The van der Waals surface area contributed by atoms with Crippen LogP contribution < -0.4 is 14.8 Å². The van der Waals surface area contributed by atoms with E-state index in [1.165, 1.54) is 18.9 Å². The van der Waals surface area contributed by atoms with E-state index in [-0.39, 0.29) is 11.7 Å². The summed E-state index contributed by atoms with van der Waals surface area (Å²) in [7, 11) is 1.53. The number of aromatic amines is 1. The molecule has 2 aromatic heterocycles. The molecule has 0 saturated heterocycles. The van der Waals surface area contributed by atoms with Gasteiger partial charge in [-0.3, -0.25) is 4.79 Å². The molecule has 0 saturated carbocycles. The van der Waals surface area contributed by atoms with Gasteiger partial charge in [-0.1, -0.05) is 23.4 Å². The first-order chi connectivity index (χ1) is 14.5. The summed E-state index contributed by atoms with van der Waals surface area (Å²) in [6.45, 7) is 4.71. The van der Waals surface area contributed by atoms with E-state index in [9.17, 15) is 10.1 Å². The Kier molecular flexibility index (Phi) is 7.03. The maximum atomic E-state index is 11.8. The van der Waals surface area contributed by atoms with Gasteiger partial charge in [0.2, 0.25) is 5.91 Å². The van der Waals surface area contributed by atoms with Crippen molar-refractivity contribution in [3.05, 3.63) is 28.9 Å². The van der Waals surface area contributed by atoms with Crippen LogP contribution in [0.25, 0.3) is 22.3 Å². The molecule has 1 amide bonds. The van der Waals surface area contributed by atoms with Gasteiger partial charge in [-0.2, -0.15) is 5.26 Å². The number of amides is 1. The van der Waals surface area contributed by atoms with E-state index in [2.05, 4.69) is 26.3 Å². The molecule has 2 N–H and O–H groups in total.